The lowest BCUT2D eigenvalue weighted by atomic mass is 10.1. The van der Waals surface area contributed by atoms with Crippen molar-refractivity contribution >= 4 is 17.0 Å². The second-order valence-corrected chi connectivity index (χ2v) is 5.39. The third-order valence-corrected chi connectivity index (χ3v) is 3.27. The standard InChI is InChI=1S/C13H16N2S/c1-9-4-10(2)6-12(5-9)15-8-13-7-14-11(3)16-13/h4-7,15H,8H2,1-3H3. The molecule has 1 N–H and O–H groups in total. The first-order valence-corrected chi connectivity index (χ1v) is 6.18. The predicted octanol–water partition coefficient (Wildman–Crippen LogP) is 3.68. The van der Waals surface area contributed by atoms with Gasteiger partial charge in [0.1, 0.15) is 0 Å². The summed E-state index contributed by atoms with van der Waals surface area (Å²) in [7, 11) is 0. The van der Waals surface area contributed by atoms with Crippen molar-refractivity contribution in [3.8, 4) is 0 Å². The van der Waals surface area contributed by atoms with Gasteiger partial charge in [0, 0.05) is 16.8 Å². The number of anilines is 1. The number of aryl methyl sites for hydroxylation is 3. The largest absolute Gasteiger partial charge is 0.380 e. The smallest absolute Gasteiger partial charge is 0.0897 e. The van der Waals surface area contributed by atoms with Gasteiger partial charge in [-0.3, -0.25) is 0 Å². The lowest BCUT2D eigenvalue weighted by Crippen LogP contribution is -1.98. The molecule has 2 rings (SSSR count). The first-order chi connectivity index (χ1) is 7.63. The summed E-state index contributed by atoms with van der Waals surface area (Å²) in [6.45, 7) is 7.13. The average molecular weight is 232 g/mol. The van der Waals surface area contributed by atoms with E-state index in [1.165, 1.54) is 21.7 Å². The van der Waals surface area contributed by atoms with E-state index in [0.717, 1.165) is 11.6 Å². The molecule has 16 heavy (non-hydrogen) atoms. The third kappa shape index (κ3) is 2.83. The molecule has 1 aromatic carbocycles. The van der Waals surface area contributed by atoms with Gasteiger partial charge in [0.2, 0.25) is 0 Å². The number of hydrogen-bond donors (Lipinski definition) is 1. The first-order valence-electron chi connectivity index (χ1n) is 5.37. The molecule has 0 aliphatic rings. The van der Waals surface area contributed by atoms with Gasteiger partial charge in [-0.1, -0.05) is 6.07 Å². The zero-order chi connectivity index (χ0) is 11.5. The summed E-state index contributed by atoms with van der Waals surface area (Å²) in [5.74, 6) is 0. The molecule has 0 aliphatic carbocycles. The maximum absolute atomic E-state index is 4.24. The van der Waals surface area contributed by atoms with Crippen LogP contribution in [-0.4, -0.2) is 4.98 Å². The van der Waals surface area contributed by atoms with Crippen LogP contribution >= 0.6 is 11.3 Å². The Kier molecular flexibility index (Phi) is 3.25. The zero-order valence-corrected chi connectivity index (χ0v) is 10.7. The number of aromatic nitrogens is 1. The molecule has 2 nitrogen and oxygen atoms in total. The van der Waals surface area contributed by atoms with E-state index in [9.17, 15) is 0 Å². The highest BCUT2D eigenvalue weighted by Crippen LogP contribution is 2.17. The topological polar surface area (TPSA) is 24.9 Å². The lowest BCUT2D eigenvalue weighted by Gasteiger charge is -2.07. The van der Waals surface area contributed by atoms with Crippen LogP contribution in [0.4, 0.5) is 5.69 Å². The average Bonchev–Trinajstić information content (AvgIpc) is 2.60. The minimum atomic E-state index is 0.856. The molecule has 1 aromatic heterocycles. The molecular weight excluding hydrogens is 216 g/mol. The maximum Gasteiger partial charge on any atom is 0.0897 e. The fourth-order valence-electron chi connectivity index (χ4n) is 1.75. The van der Waals surface area contributed by atoms with E-state index in [1.54, 1.807) is 11.3 Å². The number of thiazole rings is 1. The van der Waals surface area contributed by atoms with Crippen molar-refractivity contribution in [2.75, 3.05) is 5.32 Å². The Hall–Kier alpha value is -1.35. The monoisotopic (exact) mass is 232 g/mol. The van der Waals surface area contributed by atoms with Gasteiger partial charge in [-0.15, -0.1) is 11.3 Å². The van der Waals surface area contributed by atoms with E-state index < -0.39 is 0 Å². The van der Waals surface area contributed by atoms with Crippen LogP contribution in [0.2, 0.25) is 0 Å². The fraction of sp³-hybridized carbons (Fsp3) is 0.308. The molecule has 0 aliphatic heterocycles. The number of benzene rings is 1. The highest BCUT2D eigenvalue weighted by atomic mass is 32.1. The normalized spacial score (nSPS) is 10.4. The van der Waals surface area contributed by atoms with Gasteiger partial charge in [-0.2, -0.15) is 0 Å². The molecule has 0 saturated carbocycles. The van der Waals surface area contributed by atoms with E-state index in [-0.39, 0.29) is 0 Å². The predicted molar refractivity (Wildman–Crippen MR) is 70.1 cm³/mol. The zero-order valence-electron chi connectivity index (χ0n) is 9.87. The molecule has 3 heteroatoms. The Bertz CT molecular complexity index is 468. The molecule has 0 fully saturated rings. The minimum Gasteiger partial charge on any atom is -0.380 e. The highest BCUT2D eigenvalue weighted by Gasteiger charge is 1.99. The molecule has 0 radical (unpaired) electrons. The van der Waals surface area contributed by atoms with Crippen LogP contribution in [0.25, 0.3) is 0 Å². The maximum atomic E-state index is 4.24. The Labute approximate surface area is 100 Å². The van der Waals surface area contributed by atoms with Crippen molar-refractivity contribution in [2.45, 2.75) is 27.3 Å². The summed E-state index contributed by atoms with van der Waals surface area (Å²) < 4.78 is 0. The van der Waals surface area contributed by atoms with E-state index in [2.05, 4.69) is 42.3 Å². The molecule has 2 aromatic rings. The quantitative estimate of drug-likeness (QED) is 0.873. The van der Waals surface area contributed by atoms with Crippen LogP contribution in [0.1, 0.15) is 21.0 Å². The minimum absolute atomic E-state index is 0.856. The number of hydrogen-bond acceptors (Lipinski definition) is 3. The molecule has 0 spiro atoms. The Morgan fingerprint density at radius 2 is 1.81 bits per heavy atom. The Morgan fingerprint density at radius 3 is 2.38 bits per heavy atom. The molecule has 0 amide bonds. The van der Waals surface area contributed by atoms with Crippen LogP contribution in [-0.2, 0) is 6.54 Å². The molecule has 0 unspecified atom stereocenters. The van der Waals surface area contributed by atoms with Gasteiger partial charge in [-0.25, -0.2) is 4.98 Å². The fourth-order valence-corrected chi connectivity index (χ4v) is 2.49. The van der Waals surface area contributed by atoms with Gasteiger partial charge in [0.15, 0.2) is 0 Å². The van der Waals surface area contributed by atoms with Crippen molar-refractivity contribution in [1.82, 2.24) is 4.98 Å². The van der Waals surface area contributed by atoms with Gasteiger partial charge in [0.05, 0.1) is 11.6 Å². The number of nitrogens with zero attached hydrogens (tertiary/aromatic N) is 1. The number of rotatable bonds is 3. The summed E-state index contributed by atoms with van der Waals surface area (Å²) in [6, 6.07) is 6.52. The molecule has 1 heterocycles. The summed E-state index contributed by atoms with van der Waals surface area (Å²) >= 11 is 1.74. The summed E-state index contributed by atoms with van der Waals surface area (Å²) in [5, 5.41) is 4.55. The van der Waals surface area contributed by atoms with Gasteiger partial charge in [-0.05, 0) is 44.0 Å². The van der Waals surface area contributed by atoms with E-state index >= 15 is 0 Å². The van der Waals surface area contributed by atoms with E-state index in [1.807, 2.05) is 13.1 Å². The SMILES string of the molecule is Cc1cc(C)cc(NCc2cnc(C)s2)c1. The van der Waals surface area contributed by atoms with Crippen molar-refractivity contribution in [2.24, 2.45) is 0 Å². The first kappa shape index (κ1) is 11.1. The molecule has 84 valence electrons. The summed E-state index contributed by atoms with van der Waals surface area (Å²) in [4.78, 5) is 5.52. The highest BCUT2D eigenvalue weighted by molar-refractivity contribution is 7.11. The second-order valence-electron chi connectivity index (χ2n) is 4.08. The summed E-state index contributed by atoms with van der Waals surface area (Å²) in [6.07, 6.45) is 1.94. The van der Waals surface area contributed by atoms with Crippen molar-refractivity contribution in [3.05, 3.63) is 45.4 Å². The van der Waals surface area contributed by atoms with E-state index in [0.29, 0.717) is 0 Å². The molecule has 0 bridgehead atoms. The number of nitrogens with one attached hydrogen (secondary N) is 1. The molecular formula is C13H16N2S. The molecule has 0 saturated heterocycles. The van der Waals surface area contributed by atoms with E-state index in [4.69, 9.17) is 0 Å². The third-order valence-electron chi connectivity index (χ3n) is 2.36. The van der Waals surface area contributed by atoms with Crippen molar-refractivity contribution < 1.29 is 0 Å². The van der Waals surface area contributed by atoms with Crippen LogP contribution in [0, 0.1) is 20.8 Å². The van der Waals surface area contributed by atoms with Gasteiger partial charge >= 0.3 is 0 Å². The lowest BCUT2D eigenvalue weighted by molar-refractivity contribution is 1.16. The summed E-state index contributed by atoms with van der Waals surface area (Å²) in [5.41, 5.74) is 3.77. The van der Waals surface area contributed by atoms with Crippen LogP contribution in [0.15, 0.2) is 24.4 Å². The van der Waals surface area contributed by atoms with Crippen LogP contribution < -0.4 is 5.32 Å². The van der Waals surface area contributed by atoms with Crippen LogP contribution in [0.3, 0.4) is 0 Å². The van der Waals surface area contributed by atoms with Crippen LogP contribution in [0.5, 0.6) is 0 Å². The van der Waals surface area contributed by atoms with Crippen molar-refractivity contribution in [3.63, 3.8) is 0 Å². The second kappa shape index (κ2) is 4.66. The molecule has 0 atom stereocenters. The van der Waals surface area contributed by atoms with Crippen molar-refractivity contribution in [1.29, 1.82) is 0 Å². The Morgan fingerprint density at radius 1 is 1.12 bits per heavy atom. The van der Waals surface area contributed by atoms with Gasteiger partial charge < -0.3 is 5.32 Å². The van der Waals surface area contributed by atoms with Gasteiger partial charge in [0.25, 0.3) is 0 Å². The Balaban J connectivity index is 2.04.